The monoisotopic (exact) mass is 197 g/mol. The third-order valence-electron chi connectivity index (χ3n) is 1.57. The molecule has 0 aliphatic rings. The summed E-state index contributed by atoms with van der Waals surface area (Å²) < 4.78 is 23.2. The van der Waals surface area contributed by atoms with Crippen LogP contribution in [0.5, 0.6) is 0 Å². The number of rotatable bonds is 3. The molecule has 0 saturated carbocycles. The van der Waals surface area contributed by atoms with E-state index in [9.17, 15) is 8.42 Å². The smallest absolute Gasteiger partial charge is 0.179 e. The highest BCUT2D eigenvalue weighted by atomic mass is 32.2. The molecule has 0 bridgehead atoms. The van der Waals surface area contributed by atoms with Gasteiger partial charge >= 0.3 is 0 Å². The molecule has 13 heavy (non-hydrogen) atoms. The van der Waals surface area contributed by atoms with Crippen molar-refractivity contribution in [1.29, 1.82) is 0 Å². The van der Waals surface area contributed by atoms with Crippen molar-refractivity contribution in [2.45, 2.75) is 18.7 Å². The second-order valence-corrected chi connectivity index (χ2v) is 5.40. The molecule has 0 aromatic heterocycles. The molecule has 0 aliphatic carbocycles. The third-order valence-corrected chi connectivity index (χ3v) is 3.60. The van der Waals surface area contributed by atoms with Crippen molar-refractivity contribution >= 4 is 9.84 Å². The molecule has 0 unspecified atom stereocenters. The van der Waals surface area contributed by atoms with Crippen LogP contribution >= 0.6 is 0 Å². The van der Waals surface area contributed by atoms with Crippen molar-refractivity contribution in [3.05, 3.63) is 30.3 Å². The number of hydrogen-bond donors (Lipinski definition) is 0. The van der Waals surface area contributed by atoms with E-state index in [1.807, 2.05) is 13.8 Å². The molecule has 0 aliphatic heterocycles. The van der Waals surface area contributed by atoms with E-state index in [4.69, 9.17) is 0 Å². The van der Waals surface area contributed by atoms with Crippen molar-refractivity contribution < 1.29 is 8.42 Å². The summed E-state index contributed by atoms with van der Waals surface area (Å²) in [4.78, 5) is 0.295. The van der Waals surface area contributed by atoms with Gasteiger partial charge in [-0.05, 0) is 12.0 Å². The van der Waals surface area contributed by atoms with Gasteiger partial charge in [-0.1, -0.05) is 32.0 Å². The molecule has 0 amide bonds. The molecule has 1 rings (SSSR count). The highest BCUT2D eigenvalue weighted by molar-refractivity contribution is 7.91. The Morgan fingerprint density at radius 1 is 1.38 bits per heavy atom. The summed E-state index contributed by atoms with van der Waals surface area (Å²) in [5, 5.41) is 0. The lowest BCUT2D eigenvalue weighted by Crippen LogP contribution is -2.11. The second-order valence-electron chi connectivity index (χ2n) is 3.40. The normalized spacial score (nSPS) is 11.9. The molecule has 0 saturated heterocycles. The molecule has 2 nitrogen and oxygen atoms in total. The fraction of sp³-hybridized carbons (Fsp3) is 0.400. The van der Waals surface area contributed by atoms with Gasteiger partial charge in [0.05, 0.1) is 10.6 Å². The van der Waals surface area contributed by atoms with Gasteiger partial charge in [0.15, 0.2) is 9.84 Å². The van der Waals surface area contributed by atoms with Gasteiger partial charge in [0.2, 0.25) is 0 Å². The Kier molecular flexibility index (Phi) is 3.09. The predicted molar refractivity (Wildman–Crippen MR) is 52.2 cm³/mol. The van der Waals surface area contributed by atoms with Crippen LogP contribution in [0.1, 0.15) is 13.8 Å². The summed E-state index contributed by atoms with van der Waals surface area (Å²) in [5.74, 6) is 0.339. The third kappa shape index (κ3) is 2.84. The van der Waals surface area contributed by atoms with Crippen molar-refractivity contribution in [3.8, 4) is 0 Å². The Morgan fingerprint density at radius 3 is 2.54 bits per heavy atom. The van der Waals surface area contributed by atoms with Gasteiger partial charge in [0.25, 0.3) is 0 Å². The maximum atomic E-state index is 11.6. The van der Waals surface area contributed by atoms with E-state index in [0.717, 1.165) is 0 Å². The quantitative estimate of drug-likeness (QED) is 0.741. The van der Waals surface area contributed by atoms with Gasteiger partial charge < -0.3 is 0 Å². The zero-order chi connectivity index (χ0) is 9.90. The first-order valence-corrected chi connectivity index (χ1v) is 5.87. The van der Waals surface area contributed by atoms with Gasteiger partial charge in [-0.25, -0.2) is 8.42 Å². The standard InChI is InChI=1S/C10H13O2S/c1-9(2)8-13(11,12)10-6-4-3-5-7-10/h3-6,9H,8H2,1-2H3. The van der Waals surface area contributed by atoms with E-state index in [-0.39, 0.29) is 11.7 Å². The first kappa shape index (κ1) is 10.3. The Bertz CT molecular complexity index is 352. The molecular weight excluding hydrogens is 184 g/mol. The topological polar surface area (TPSA) is 34.1 Å². The van der Waals surface area contributed by atoms with E-state index in [1.54, 1.807) is 24.3 Å². The molecule has 1 aromatic rings. The van der Waals surface area contributed by atoms with Crippen LogP contribution < -0.4 is 0 Å². The van der Waals surface area contributed by atoms with Crippen molar-refractivity contribution in [3.63, 3.8) is 0 Å². The van der Waals surface area contributed by atoms with Crippen LogP contribution in [0.2, 0.25) is 0 Å². The lowest BCUT2D eigenvalue weighted by molar-refractivity contribution is 0.582. The van der Waals surface area contributed by atoms with Crippen LogP contribution in [0.25, 0.3) is 0 Å². The summed E-state index contributed by atoms with van der Waals surface area (Å²) in [7, 11) is -3.12. The van der Waals surface area contributed by atoms with E-state index in [1.165, 1.54) is 0 Å². The van der Waals surface area contributed by atoms with Crippen molar-refractivity contribution in [1.82, 2.24) is 0 Å². The minimum atomic E-state index is -3.12. The molecule has 71 valence electrons. The maximum absolute atomic E-state index is 11.6. The predicted octanol–water partition coefficient (Wildman–Crippen LogP) is 1.92. The van der Waals surface area contributed by atoms with Crippen LogP contribution in [0.15, 0.2) is 29.2 Å². The fourth-order valence-electron chi connectivity index (χ4n) is 1.10. The highest BCUT2D eigenvalue weighted by Crippen LogP contribution is 2.12. The average molecular weight is 197 g/mol. The summed E-state index contributed by atoms with van der Waals surface area (Å²) in [6.07, 6.45) is 0. The van der Waals surface area contributed by atoms with E-state index < -0.39 is 9.84 Å². The SMILES string of the molecule is CC(C)CS(=O)(=O)c1[c]cccc1. The van der Waals surface area contributed by atoms with E-state index in [2.05, 4.69) is 6.07 Å². The van der Waals surface area contributed by atoms with Crippen LogP contribution in [0, 0.1) is 12.0 Å². The van der Waals surface area contributed by atoms with E-state index in [0.29, 0.717) is 4.90 Å². The first-order valence-electron chi connectivity index (χ1n) is 4.22. The lowest BCUT2D eigenvalue weighted by atomic mass is 10.3. The summed E-state index contributed by atoms with van der Waals surface area (Å²) in [6, 6.07) is 9.40. The van der Waals surface area contributed by atoms with Gasteiger partial charge in [0, 0.05) is 6.07 Å². The minimum Gasteiger partial charge on any atom is -0.224 e. The van der Waals surface area contributed by atoms with Crippen LogP contribution in [-0.4, -0.2) is 14.2 Å². The summed E-state index contributed by atoms with van der Waals surface area (Å²) >= 11 is 0. The van der Waals surface area contributed by atoms with Crippen LogP contribution in [-0.2, 0) is 9.84 Å². The molecule has 1 radical (unpaired) electrons. The van der Waals surface area contributed by atoms with E-state index >= 15 is 0 Å². The van der Waals surface area contributed by atoms with Crippen molar-refractivity contribution in [2.75, 3.05) is 5.75 Å². The maximum Gasteiger partial charge on any atom is 0.179 e. The molecular formula is C10H13O2S. The zero-order valence-corrected chi connectivity index (χ0v) is 8.64. The molecule has 0 fully saturated rings. The Hall–Kier alpha value is -0.830. The van der Waals surface area contributed by atoms with Gasteiger partial charge in [0.1, 0.15) is 0 Å². The molecule has 0 atom stereocenters. The largest absolute Gasteiger partial charge is 0.224 e. The molecule has 3 heteroatoms. The average Bonchev–Trinajstić information content (AvgIpc) is 2.04. The molecule has 0 N–H and O–H groups in total. The van der Waals surface area contributed by atoms with Gasteiger partial charge in [-0.15, -0.1) is 0 Å². The minimum absolute atomic E-state index is 0.151. The van der Waals surface area contributed by atoms with Crippen LogP contribution in [0.4, 0.5) is 0 Å². The summed E-state index contributed by atoms with van der Waals surface area (Å²) in [6.45, 7) is 3.78. The highest BCUT2D eigenvalue weighted by Gasteiger charge is 2.15. The molecule has 1 aromatic carbocycles. The molecule has 0 spiro atoms. The van der Waals surface area contributed by atoms with Gasteiger partial charge in [-0.2, -0.15) is 0 Å². The van der Waals surface area contributed by atoms with Crippen molar-refractivity contribution in [2.24, 2.45) is 5.92 Å². The fourth-order valence-corrected chi connectivity index (χ4v) is 2.69. The Morgan fingerprint density at radius 2 is 2.08 bits per heavy atom. The lowest BCUT2D eigenvalue weighted by Gasteiger charge is -2.05. The number of hydrogen-bond acceptors (Lipinski definition) is 2. The van der Waals surface area contributed by atoms with Gasteiger partial charge in [-0.3, -0.25) is 0 Å². The Balaban J connectivity index is 2.96. The Labute approximate surface area is 79.5 Å². The molecule has 0 heterocycles. The number of sulfone groups is 1. The first-order chi connectivity index (χ1) is 6.02. The number of benzene rings is 1. The van der Waals surface area contributed by atoms with Crippen LogP contribution in [0.3, 0.4) is 0 Å². The zero-order valence-electron chi connectivity index (χ0n) is 7.82. The summed E-state index contributed by atoms with van der Waals surface area (Å²) in [5.41, 5.74) is 0. The second kappa shape index (κ2) is 3.92.